The normalized spacial score (nSPS) is 22.7. The van der Waals surface area contributed by atoms with Crippen LogP contribution in [0.3, 0.4) is 0 Å². The summed E-state index contributed by atoms with van der Waals surface area (Å²) in [6, 6.07) is 0.865. The molecule has 0 aliphatic carbocycles. The lowest BCUT2D eigenvalue weighted by Crippen LogP contribution is -2.42. The molecular formula is C14H25N5O. The van der Waals surface area contributed by atoms with Gasteiger partial charge in [0.1, 0.15) is 0 Å². The standard InChI is InChI=1S/C14H25N5O/c1-5-8-20-14-17-12(15-4)16-13(18-14)19-9-10(2)6-7-11(19)3/h10-11H,5-9H2,1-4H3,(H,15,16,17,18). The Morgan fingerprint density at radius 2 is 2.05 bits per heavy atom. The second kappa shape index (κ2) is 6.72. The van der Waals surface area contributed by atoms with Gasteiger partial charge in [-0.2, -0.15) is 15.0 Å². The molecule has 1 aromatic rings. The van der Waals surface area contributed by atoms with Gasteiger partial charge in [0, 0.05) is 19.6 Å². The Morgan fingerprint density at radius 1 is 1.25 bits per heavy atom. The highest BCUT2D eigenvalue weighted by Crippen LogP contribution is 2.26. The van der Waals surface area contributed by atoms with Crippen LogP contribution < -0.4 is 15.0 Å². The summed E-state index contributed by atoms with van der Waals surface area (Å²) in [5.41, 5.74) is 0. The molecule has 2 heterocycles. The molecule has 0 spiro atoms. The highest BCUT2D eigenvalue weighted by Gasteiger charge is 2.26. The number of nitrogens with zero attached hydrogens (tertiary/aromatic N) is 4. The molecule has 1 fully saturated rings. The van der Waals surface area contributed by atoms with Gasteiger partial charge in [-0.05, 0) is 32.1 Å². The van der Waals surface area contributed by atoms with E-state index < -0.39 is 0 Å². The SMILES string of the molecule is CCCOc1nc(NC)nc(N2CC(C)CCC2C)n1. The second-order valence-electron chi connectivity index (χ2n) is 5.52. The number of ether oxygens (including phenoxy) is 1. The van der Waals surface area contributed by atoms with Gasteiger partial charge in [0.05, 0.1) is 6.61 Å². The number of piperidine rings is 1. The van der Waals surface area contributed by atoms with Crippen LogP contribution in [-0.2, 0) is 0 Å². The van der Waals surface area contributed by atoms with Crippen LogP contribution in [0.5, 0.6) is 6.01 Å². The lowest BCUT2D eigenvalue weighted by molar-refractivity contribution is 0.290. The molecule has 20 heavy (non-hydrogen) atoms. The molecule has 6 nitrogen and oxygen atoms in total. The molecule has 1 aromatic heterocycles. The minimum atomic E-state index is 0.409. The predicted octanol–water partition coefficient (Wildman–Crippen LogP) is 2.33. The van der Waals surface area contributed by atoms with Crippen LogP contribution in [0.1, 0.15) is 40.0 Å². The summed E-state index contributed by atoms with van der Waals surface area (Å²) >= 11 is 0. The fourth-order valence-electron chi connectivity index (χ4n) is 2.41. The van der Waals surface area contributed by atoms with E-state index in [0.717, 1.165) is 18.9 Å². The van der Waals surface area contributed by atoms with Crippen molar-refractivity contribution in [1.82, 2.24) is 15.0 Å². The van der Waals surface area contributed by atoms with E-state index in [-0.39, 0.29) is 0 Å². The van der Waals surface area contributed by atoms with Crippen LogP contribution >= 0.6 is 0 Å². The first-order valence-corrected chi connectivity index (χ1v) is 7.47. The van der Waals surface area contributed by atoms with Crippen molar-refractivity contribution in [2.45, 2.75) is 46.1 Å². The molecule has 0 bridgehead atoms. The average Bonchev–Trinajstić information content (AvgIpc) is 2.47. The van der Waals surface area contributed by atoms with Crippen molar-refractivity contribution in [3.8, 4) is 6.01 Å². The zero-order chi connectivity index (χ0) is 14.5. The van der Waals surface area contributed by atoms with E-state index in [1.807, 2.05) is 7.05 Å². The van der Waals surface area contributed by atoms with Crippen molar-refractivity contribution < 1.29 is 4.74 Å². The summed E-state index contributed by atoms with van der Waals surface area (Å²) < 4.78 is 5.56. The van der Waals surface area contributed by atoms with Crippen LogP contribution in [0.15, 0.2) is 0 Å². The molecule has 1 aliphatic rings. The summed E-state index contributed by atoms with van der Waals surface area (Å²) in [5, 5.41) is 2.98. The molecule has 2 rings (SSSR count). The second-order valence-corrected chi connectivity index (χ2v) is 5.52. The summed E-state index contributed by atoms with van der Waals surface area (Å²) in [6.07, 6.45) is 3.38. The van der Waals surface area contributed by atoms with Crippen LogP contribution in [0.4, 0.5) is 11.9 Å². The first-order valence-electron chi connectivity index (χ1n) is 7.47. The van der Waals surface area contributed by atoms with Gasteiger partial charge in [0.25, 0.3) is 0 Å². The Balaban J connectivity index is 2.24. The molecular weight excluding hydrogens is 254 g/mol. The maximum absolute atomic E-state index is 5.56. The topological polar surface area (TPSA) is 63.2 Å². The largest absolute Gasteiger partial charge is 0.463 e. The number of rotatable bonds is 5. The van der Waals surface area contributed by atoms with Gasteiger partial charge in [-0.3, -0.25) is 0 Å². The third-order valence-corrected chi connectivity index (χ3v) is 3.64. The highest BCUT2D eigenvalue weighted by atomic mass is 16.5. The highest BCUT2D eigenvalue weighted by molar-refractivity contribution is 5.39. The number of hydrogen-bond donors (Lipinski definition) is 1. The van der Waals surface area contributed by atoms with E-state index in [1.165, 1.54) is 12.8 Å². The minimum absolute atomic E-state index is 0.409. The smallest absolute Gasteiger partial charge is 0.323 e. The number of anilines is 2. The Hall–Kier alpha value is -1.59. The van der Waals surface area contributed by atoms with E-state index in [2.05, 4.69) is 45.9 Å². The Bertz CT molecular complexity index is 440. The fourth-order valence-corrected chi connectivity index (χ4v) is 2.41. The molecule has 6 heteroatoms. The molecule has 0 radical (unpaired) electrons. The van der Waals surface area contributed by atoms with Crippen LogP contribution in [0.2, 0.25) is 0 Å². The fraction of sp³-hybridized carbons (Fsp3) is 0.786. The lowest BCUT2D eigenvalue weighted by Gasteiger charge is -2.36. The van der Waals surface area contributed by atoms with Crippen LogP contribution in [0.25, 0.3) is 0 Å². The zero-order valence-corrected chi connectivity index (χ0v) is 12.9. The van der Waals surface area contributed by atoms with E-state index >= 15 is 0 Å². The molecule has 0 saturated carbocycles. The number of hydrogen-bond acceptors (Lipinski definition) is 6. The van der Waals surface area contributed by atoms with Crippen LogP contribution in [-0.4, -0.2) is 41.2 Å². The van der Waals surface area contributed by atoms with Gasteiger partial charge in [-0.1, -0.05) is 13.8 Å². The van der Waals surface area contributed by atoms with Crippen molar-refractivity contribution >= 4 is 11.9 Å². The average molecular weight is 279 g/mol. The minimum Gasteiger partial charge on any atom is -0.463 e. The molecule has 1 saturated heterocycles. The first kappa shape index (κ1) is 14.8. The lowest BCUT2D eigenvalue weighted by atomic mass is 9.95. The molecule has 112 valence electrons. The molecule has 2 atom stereocenters. The van der Waals surface area contributed by atoms with Gasteiger partial charge < -0.3 is 15.0 Å². The van der Waals surface area contributed by atoms with E-state index in [9.17, 15) is 0 Å². The predicted molar refractivity (Wildman–Crippen MR) is 80.4 cm³/mol. The van der Waals surface area contributed by atoms with E-state index in [4.69, 9.17) is 4.74 Å². The third kappa shape index (κ3) is 3.49. The number of nitrogens with one attached hydrogen (secondary N) is 1. The van der Waals surface area contributed by atoms with Gasteiger partial charge in [-0.25, -0.2) is 0 Å². The van der Waals surface area contributed by atoms with Crippen molar-refractivity contribution in [2.24, 2.45) is 5.92 Å². The first-order chi connectivity index (χ1) is 9.63. The van der Waals surface area contributed by atoms with Crippen molar-refractivity contribution in [2.75, 3.05) is 30.4 Å². The van der Waals surface area contributed by atoms with Crippen molar-refractivity contribution in [1.29, 1.82) is 0 Å². The maximum atomic E-state index is 5.56. The summed E-state index contributed by atoms with van der Waals surface area (Å²) in [4.78, 5) is 15.5. The van der Waals surface area contributed by atoms with Gasteiger partial charge in [0.2, 0.25) is 11.9 Å². The Morgan fingerprint density at radius 3 is 2.75 bits per heavy atom. The Labute approximate surface area is 121 Å². The summed E-state index contributed by atoms with van der Waals surface area (Å²) in [7, 11) is 1.81. The number of aromatic nitrogens is 3. The monoisotopic (exact) mass is 279 g/mol. The molecule has 1 N–H and O–H groups in total. The van der Waals surface area contributed by atoms with Gasteiger partial charge in [-0.15, -0.1) is 0 Å². The molecule has 0 amide bonds. The van der Waals surface area contributed by atoms with Gasteiger partial charge in [0.15, 0.2) is 0 Å². The maximum Gasteiger partial charge on any atom is 0.323 e. The molecule has 2 unspecified atom stereocenters. The third-order valence-electron chi connectivity index (χ3n) is 3.64. The summed E-state index contributed by atoms with van der Waals surface area (Å²) in [6.45, 7) is 8.17. The summed E-state index contributed by atoms with van der Waals surface area (Å²) in [5.74, 6) is 1.95. The zero-order valence-electron chi connectivity index (χ0n) is 12.9. The van der Waals surface area contributed by atoms with Crippen LogP contribution in [0, 0.1) is 5.92 Å². The quantitative estimate of drug-likeness (QED) is 0.892. The van der Waals surface area contributed by atoms with Crippen molar-refractivity contribution in [3.05, 3.63) is 0 Å². The van der Waals surface area contributed by atoms with E-state index in [1.54, 1.807) is 0 Å². The van der Waals surface area contributed by atoms with Crippen molar-refractivity contribution in [3.63, 3.8) is 0 Å². The van der Waals surface area contributed by atoms with Gasteiger partial charge >= 0.3 is 6.01 Å². The van der Waals surface area contributed by atoms with E-state index in [0.29, 0.717) is 30.5 Å². The molecule has 0 aromatic carbocycles. The Kier molecular flexibility index (Phi) is 4.98. The molecule has 1 aliphatic heterocycles.